The summed E-state index contributed by atoms with van der Waals surface area (Å²) in [7, 11) is 0. The second-order valence-corrected chi connectivity index (χ2v) is 3.53. The molecule has 0 aliphatic heterocycles. The molecule has 0 aliphatic carbocycles. The first-order valence-electron chi connectivity index (χ1n) is 4.00. The monoisotopic (exact) mass is 283 g/mol. The van der Waals surface area contributed by atoms with Gasteiger partial charge in [0.05, 0.1) is 10.2 Å². The van der Waals surface area contributed by atoms with Crippen molar-refractivity contribution in [3.8, 4) is 12.1 Å². The molecule has 1 rings (SSSR count). The molecule has 0 amide bonds. The van der Waals surface area contributed by atoms with Crippen molar-refractivity contribution >= 4 is 21.6 Å². The van der Waals surface area contributed by atoms with Crippen LogP contribution < -0.4 is 5.32 Å². The number of nitrogens with one attached hydrogen (secondary N) is 1. The molecular formula is C10H4BrF2N3. The van der Waals surface area contributed by atoms with E-state index in [0.29, 0.717) is 6.07 Å². The number of benzene rings is 1. The molecule has 0 heterocycles. The van der Waals surface area contributed by atoms with E-state index in [1.54, 1.807) is 12.1 Å². The summed E-state index contributed by atoms with van der Waals surface area (Å²) < 4.78 is 26.1. The first-order chi connectivity index (χ1) is 7.58. The third kappa shape index (κ3) is 2.78. The number of allylic oxidation sites excluding steroid dienone is 1. The SMILES string of the molecule is N#CC(C#N)=CNc1cc(Br)c(F)cc1F. The van der Waals surface area contributed by atoms with Gasteiger partial charge in [-0.2, -0.15) is 10.5 Å². The Balaban J connectivity index is 3.01. The van der Waals surface area contributed by atoms with Crippen LogP contribution in [0.3, 0.4) is 0 Å². The molecule has 3 nitrogen and oxygen atoms in total. The van der Waals surface area contributed by atoms with E-state index >= 15 is 0 Å². The Hall–Kier alpha value is -1.92. The van der Waals surface area contributed by atoms with E-state index < -0.39 is 11.6 Å². The maximum absolute atomic E-state index is 13.2. The topological polar surface area (TPSA) is 59.6 Å². The lowest BCUT2D eigenvalue weighted by atomic mass is 10.3. The van der Waals surface area contributed by atoms with Crippen molar-refractivity contribution in [1.82, 2.24) is 0 Å². The van der Waals surface area contributed by atoms with Crippen molar-refractivity contribution in [3.63, 3.8) is 0 Å². The smallest absolute Gasteiger partial charge is 0.149 e. The normalized spacial score (nSPS) is 8.81. The molecule has 0 saturated heterocycles. The second-order valence-electron chi connectivity index (χ2n) is 2.67. The lowest BCUT2D eigenvalue weighted by Crippen LogP contribution is -1.95. The summed E-state index contributed by atoms with van der Waals surface area (Å²) in [6.45, 7) is 0. The second kappa shape index (κ2) is 5.24. The van der Waals surface area contributed by atoms with Crippen LogP contribution in [0, 0.1) is 34.3 Å². The van der Waals surface area contributed by atoms with Gasteiger partial charge in [0.1, 0.15) is 29.3 Å². The van der Waals surface area contributed by atoms with Crippen LogP contribution in [-0.4, -0.2) is 0 Å². The zero-order valence-corrected chi connectivity index (χ0v) is 9.35. The molecule has 6 heteroatoms. The largest absolute Gasteiger partial charge is 0.357 e. The summed E-state index contributed by atoms with van der Waals surface area (Å²) in [4.78, 5) is 0. The van der Waals surface area contributed by atoms with Crippen molar-refractivity contribution < 1.29 is 8.78 Å². The molecule has 0 spiro atoms. The number of halogens is 3. The number of rotatable bonds is 2. The van der Waals surface area contributed by atoms with Crippen LogP contribution in [0.2, 0.25) is 0 Å². The number of hydrogen-bond acceptors (Lipinski definition) is 3. The third-order valence-corrected chi connectivity index (χ3v) is 2.23. The molecule has 16 heavy (non-hydrogen) atoms. The highest BCUT2D eigenvalue weighted by Crippen LogP contribution is 2.23. The molecule has 1 N–H and O–H groups in total. The van der Waals surface area contributed by atoms with Gasteiger partial charge in [0.25, 0.3) is 0 Å². The van der Waals surface area contributed by atoms with Crippen LogP contribution in [0.4, 0.5) is 14.5 Å². The lowest BCUT2D eigenvalue weighted by Gasteiger charge is -2.03. The Bertz CT molecular complexity index is 510. The highest BCUT2D eigenvalue weighted by atomic mass is 79.9. The van der Waals surface area contributed by atoms with Crippen molar-refractivity contribution in [3.05, 3.63) is 40.0 Å². The molecule has 0 saturated carbocycles. The predicted octanol–water partition coefficient (Wildman–Crippen LogP) is 3.07. The van der Waals surface area contributed by atoms with E-state index in [4.69, 9.17) is 10.5 Å². The summed E-state index contributed by atoms with van der Waals surface area (Å²) in [5, 5.41) is 19.3. The summed E-state index contributed by atoms with van der Waals surface area (Å²) >= 11 is 2.89. The minimum absolute atomic E-state index is 0.0312. The van der Waals surface area contributed by atoms with Gasteiger partial charge in [-0.05, 0) is 22.0 Å². The molecule has 1 aromatic rings. The third-order valence-electron chi connectivity index (χ3n) is 1.62. The van der Waals surface area contributed by atoms with Crippen molar-refractivity contribution in [2.75, 3.05) is 5.32 Å². The van der Waals surface area contributed by atoms with Gasteiger partial charge < -0.3 is 5.32 Å². The van der Waals surface area contributed by atoms with E-state index in [0.717, 1.165) is 6.20 Å². The maximum atomic E-state index is 13.2. The van der Waals surface area contributed by atoms with Gasteiger partial charge in [-0.1, -0.05) is 0 Å². The van der Waals surface area contributed by atoms with Gasteiger partial charge in [0, 0.05) is 12.3 Å². The number of anilines is 1. The van der Waals surface area contributed by atoms with Crippen LogP contribution in [0.25, 0.3) is 0 Å². The number of hydrogen-bond donors (Lipinski definition) is 1. The Labute approximate surface area is 98.7 Å². The summed E-state index contributed by atoms with van der Waals surface area (Å²) in [5.74, 6) is -1.54. The fraction of sp³-hybridized carbons (Fsp3) is 0. The fourth-order valence-corrected chi connectivity index (χ4v) is 1.22. The van der Waals surface area contributed by atoms with Crippen molar-refractivity contribution in [1.29, 1.82) is 10.5 Å². The standard InChI is InChI=1S/C10H4BrF2N3/c11-7-1-10(9(13)2-8(7)12)16-5-6(3-14)4-15/h1-2,5,16H. The van der Waals surface area contributed by atoms with Crippen LogP contribution in [-0.2, 0) is 0 Å². The summed E-state index contributed by atoms with van der Waals surface area (Å²) in [5.41, 5.74) is -0.240. The minimum Gasteiger partial charge on any atom is -0.357 e. The first kappa shape index (κ1) is 12.2. The molecule has 0 unspecified atom stereocenters. The fourth-order valence-electron chi connectivity index (χ4n) is 0.873. The van der Waals surface area contributed by atoms with E-state index in [-0.39, 0.29) is 15.7 Å². The van der Waals surface area contributed by atoms with Crippen LogP contribution in [0.1, 0.15) is 0 Å². The average molecular weight is 284 g/mol. The highest BCUT2D eigenvalue weighted by molar-refractivity contribution is 9.10. The predicted molar refractivity (Wildman–Crippen MR) is 57.0 cm³/mol. The molecule has 1 aromatic carbocycles. The van der Waals surface area contributed by atoms with Gasteiger partial charge >= 0.3 is 0 Å². The quantitative estimate of drug-likeness (QED) is 0.670. The zero-order chi connectivity index (χ0) is 12.1. The molecule has 0 bridgehead atoms. The van der Waals surface area contributed by atoms with Gasteiger partial charge in [0.15, 0.2) is 0 Å². The molecular weight excluding hydrogens is 280 g/mol. The van der Waals surface area contributed by atoms with Crippen LogP contribution >= 0.6 is 15.9 Å². The summed E-state index contributed by atoms with van der Waals surface area (Å²) in [6.07, 6.45) is 1.04. The first-order valence-corrected chi connectivity index (χ1v) is 4.79. The van der Waals surface area contributed by atoms with Gasteiger partial charge in [-0.15, -0.1) is 0 Å². The van der Waals surface area contributed by atoms with Crippen molar-refractivity contribution in [2.24, 2.45) is 0 Å². The molecule has 0 radical (unpaired) electrons. The van der Waals surface area contributed by atoms with Gasteiger partial charge in [-0.3, -0.25) is 0 Å². The molecule has 0 atom stereocenters. The van der Waals surface area contributed by atoms with Gasteiger partial charge in [-0.25, -0.2) is 8.78 Å². The molecule has 0 aromatic heterocycles. The zero-order valence-electron chi connectivity index (χ0n) is 7.76. The summed E-state index contributed by atoms with van der Waals surface area (Å²) in [6, 6.07) is 5.06. The van der Waals surface area contributed by atoms with E-state index in [1.807, 2.05) is 0 Å². The van der Waals surface area contributed by atoms with Crippen LogP contribution in [0.15, 0.2) is 28.4 Å². The molecule has 0 aliphatic rings. The average Bonchev–Trinajstić information content (AvgIpc) is 2.26. The van der Waals surface area contributed by atoms with Gasteiger partial charge in [0.2, 0.25) is 0 Å². The van der Waals surface area contributed by atoms with E-state index in [2.05, 4.69) is 21.2 Å². The lowest BCUT2D eigenvalue weighted by molar-refractivity contribution is 0.581. The minimum atomic E-state index is -0.813. The Morgan fingerprint density at radius 2 is 1.88 bits per heavy atom. The maximum Gasteiger partial charge on any atom is 0.149 e. The van der Waals surface area contributed by atoms with Crippen molar-refractivity contribution in [2.45, 2.75) is 0 Å². The number of nitrogens with zero attached hydrogens (tertiary/aromatic N) is 2. The van der Waals surface area contributed by atoms with Crippen LogP contribution in [0.5, 0.6) is 0 Å². The Morgan fingerprint density at radius 1 is 1.25 bits per heavy atom. The van der Waals surface area contributed by atoms with E-state index in [1.165, 1.54) is 6.07 Å². The Morgan fingerprint density at radius 3 is 2.44 bits per heavy atom. The Kier molecular flexibility index (Phi) is 3.98. The van der Waals surface area contributed by atoms with E-state index in [9.17, 15) is 8.78 Å². The highest BCUT2D eigenvalue weighted by Gasteiger charge is 2.07. The number of nitriles is 2. The molecule has 80 valence electrons. The molecule has 0 fully saturated rings.